The van der Waals surface area contributed by atoms with Crippen LogP contribution in [0.5, 0.6) is 0 Å². The number of hydrogen-bond donors (Lipinski definition) is 3. The van der Waals surface area contributed by atoms with Gasteiger partial charge in [0.1, 0.15) is 5.92 Å². The quantitative estimate of drug-likeness (QED) is 0.435. The second-order valence-electron chi connectivity index (χ2n) is 7.95. The van der Waals surface area contributed by atoms with E-state index < -0.39 is 5.92 Å². The molecular weight excluding hydrogens is 446 g/mol. The van der Waals surface area contributed by atoms with E-state index in [4.69, 9.17) is 4.98 Å². The molecule has 158 valence electrons. The van der Waals surface area contributed by atoms with E-state index in [9.17, 15) is 4.79 Å². The van der Waals surface area contributed by atoms with E-state index >= 15 is 0 Å². The summed E-state index contributed by atoms with van der Waals surface area (Å²) < 4.78 is 2.82. The summed E-state index contributed by atoms with van der Waals surface area (Å²) in [5.74, 6) is 0.361. The molecule has 0 radical (unpaired) electrons. The van der Waals surface area contributed by atoms with Crippen LogP contribution in [-0.2, 0) is 11.3 Å². The van der Waals surface area contributed by atoms with Crippen LogP contribution in [0.3, 0.4) is 0 Å². The minimum Gasteiger partial charge on any atom is -0.354 e. The van der Waals surface area contributed by atoms with Crippen molar-refractivity contribution in [2.45, 2.75) is 32.7 Å². The zero-order chi connectivity index (χ0) is 21.3. The van der Waals surface area contributed by atoms with Crippen molar-refractivity contribution in [1.29, 1.82) is 0 Å². The normalized spacial score (nSPS) is 15.6. The zero-order valence-corrected chi connectivity index (χ0v) is 19.0. The van der Waals surface area contributed by atoms with Gasteiger partial charge in [-0.25, -0.2) is 4.98 Å². The highest BCUT2D eigenvalue weighted by Crippen LogP contribution is 2.40. The van der Waals surface area contributed by atoms with Crippen LogP contribution < -0.4 is 16.0 Å². The third-order valence-corrected chi connectivity index (χ3v) is 5.51. The Hall–Kier alpha value is -2.52. The van der Waals surface area contributed by atoms with Crippen molar-refractivity contribution in [2.75, 3.05) is 30.8 Å². The van der Waals surface area contributed by atoms with Crippen LogP contribution in [-0.4, -0.2) is 45.8 Å². The minimum atomic E-state index is -0.502. The molecule has 3 N–H and O–H groups in total. The van der Waals surface area contributed by atoms with Gasteiger partial charge in [0, 0.05) is 29.4 Å². The highest BCUT2D eigenvalue weighted by molar-refractivity contribution is 9.10. The summed E-state index contributed by atoms with van der Waals surface area (Å²) in [6, 6.07) is 5.81. The maximum Gasteiger partial charge on any atom is 0.238 e. The van der Waals surface area contributed by atoms with Crippen LogP contribution >= 0.6 is 15.9 Å². The summed E-state index contributed by atoms with van der Waals surface area (Å²) in [6.45, 7) is 6.70. The molecule has 1 unspecified atom stereocenters. The van der Waals surface area contributed by atoms with Crippen LogP contribution in [0.1, 0.15) is 37.4 Å². The first-order valence-corrected chi connectivity index (χ1v) is 11.0. The Morgan fingerprint density at radius 2 is 2.10 bits per heavy atom. The highest BCUT2D eigenvalue weighted by Gasteiger charge is 2.35. The number of carbonyl (C=O) groups excluding carboxylic acids is 1. The van der Waals surface area contributed by atoms with Crippen molar-refractivity contribution < 1.29 is 4.79 Å². The van der Waals surface area contributed by atoms with Gasteiger partial charge in [0.15, 0.2) is 5.65 Å². The molecule has 2 aromatic heterocycles. The lowest BCUT2D eigenvalue weighted by atomic mass is 9.95. The van der Waals surface area contributed by atoms with E-state index in [0.717, 1.165) is 47.2 Å². The fourth-order valence-electron chi connectivity index (χ4n) is 3.71. The average molecular weight is 472 g/mol. The van der Waals surface area contributed by atoms with Crippen LogP contribution in [0.4, 0.5) is 11.6 Å². The summed E-state index contributed by atoms with van der Waals surface area (Å²) in [4.78, 5) is 22.3. The molecule has 1 aliphatic rings. The number of anilines is 2. The van der Waals surface area contributed by atoms with Gasteiger partial charge in [-0.05, 0) is 49.7 Å². The highest BCUT2D eigenvalue weighted by atomic mass is 79.9. The van der Waals surface area contributed by atoms with E-state index in [1.807, 2.05) is 36.1 Å². The average Bonchev–Trinajstić information content (AvgIpc) is 3.23. The third-order valence-electron chi connectivity index (χ3n) is 5.01. The second-order valence-corrected chi connectivity index (χ2v) is 8.87. The topological polar surface area (TPSA) is 96.8 Å². The monoisotopic (exact) mass is 471 g/mol. The lowest BCUT2D eigenvalue weighted by molar-refractivity contribution is -0.116. The standard InChI is InChI=1S/C21H26BrN7O/c1-12(2)10-29-11-15-18(17-14-9-13(22)5-6-16(14)25-20(17)30)26-21(27-19(15)28-29)24-8-4-7-23-3/h5-6,9,11-12,17,23H,4,7-8,10H2,1-3H3,(H,25,30)(H,24,27,28). The summed E-state index contributed by atoms with van der Waals surface area (Å²) in [5.41, 5.74) is 3.01. The van der Waals surface area contributed by atoms with Gasteiger partial charge in [-0.3, -0.25) is 9.48 Å². The predicted molar refractivity (Wildman–Crippen MR) is 122 cm³/mol. The van der Waals surface area contributed by atoms with Crippen LogP contribution in [0.25, 0.3) is 11.0 Å². The lowest BCUT2D eigenvalue weighted by Gasteiger charge is -2.12. The first-order chi connectivity index (χ1) is 14.5. The number of benzene rings is 1. The van der Waals surface area contributed by atoms with Gasteiger partial charge in [0.25, 0.3) is 0 Å². The molecule has 1 aliphatic heterocycles. The predicted octanol–water partition coefficient (Wildman–Crippen LogP) is 3.35. The largest absolute Gasteiger partial charge is 0.354 e. The molecule has 0 saturated heterocycles. The van der Waals surface area contributed by atoms with Gasteiger partial charge in [-0.1, -0.05) is 29.8 Å². The maximum absolute atomic E-state index is 12.9. The Kier molecular flexibility index (Phi) is 6.01. The Bertz CT molecular complexity index is 1080. The number of amides is 1. The van der Waals surface area contributed by atoms with Gasteiger partial charge < -0.3 is 16.0 Å². The zero-order valence-electron chi connectivity index (χ0n) is 17.4. The Morgan fingerprint density at radius 3 is 2.87 bits per heavy atom. The van der Waals surface area contributed by atoms with Crippen molar-refractivity contribution in [1.82, 2.24) is 25.1 Å². The second kappa shape index (κ2) is 8.69. The van der Waals surface area contributed by atoms with Crippen molar-refractivity contribution >= 4 is 44.5 Å². The molecule has 0 aliphatic carbocycles. The number of nitrogens with zero attached hydrogens (tertiary/aromatic N) is 4. The number of aromatic nitrogens is 4. The molecule has 1 amide bonds. The van der Waals surface area contributed by atoms with Gasteiger partial charge in [-0.15, -0.1) is 0 Å². The van der Waals surface area contributed by atoms with Crippen LogP contribution in [0, 0.1) is 5.92 Å². The van der Waals surface area contributed by atoms with E-state index in [1.165, 1.54) is 0 Å². The van der Waals surface area contributed by atoms with Gasteiger partial charge in [-0.2, -0.15) is 10.1 Å². The van der Waals surface area contributed by atoms with E-state index in [1.54, 1.807) is 0 Å². The smallest absolute Gasteiger partial charge is 0.238 e. The fourth-order valence-corrected chi connectivity index (χ4v) is 4.09. The molecule has 9 heteroatoms. The Balaban J connectivity index is 1.79. The van der Waals surface area contributed by atoms with Gasteiger partial charge in [0.05, 0.1) is 11.1 Å². The molecule has 0 bridgehead atoms. The molecular formula is C21H26BrN7O. The number of hydrogen-bond acceptors (Lipinski definition) is 6. The molecule has 0 saturated carbocycles. The summed E-state index contributed by atoms with van der Waals surface area (Å²) in [6.07, 6.45) is 2.90. The number of fused-ring (bicyclic) bond motifs is 2. The fraction of sp³-hybridized carbons (Fsp3) is 0.429. The van der Waals surface area contributed by atoms with Crippen molar-refractivity contribution in [3.8, 4) is 0 Å². The van der Waals surface area contributed by atoms with E-state index in [-0.39, 0.29) is 5.91 Å². The van der Waals surface area contributed by atoms with Crippen molar-refractivity contribution in [2.24, 2.45) is 5.92 Å². The number of nitrogens with one attached hydrogen (secondary N) is 3. The van der Waals surface area contributed by atoms with E-state index in [0.29, 0.717) is 23.2 Å². The summed E-state index contributed by atoms with van der Waals surface area (Å²) in [5, 5.41) is 14.9. The minimum absolute atomic E-state index is 0.0826. The lowest BCUT2D eigenvalue weighted by Crippen LogP contribution is -2.17. The SMILES string of the molecule is CNCCCNc1nc(C2C(=O)Nc3ccc(Br)cc32)c2cn(CC(C)C)nc2n1. The molecule has 30 heavy (non-hydrogen) atoms. The third kappa shape index (κ3) is 4.17. The molecule has 4 rings (SSSR count). The number of carbonyl (C=O) groups is 1. The van der Waals surface area contributed by atoms with Gasteiger partial charge >= 0.3 is 0 Å². The van der Waals surface area contributed by atoms with E-state index in [2.05, 4.69) is 55.8 Å². The number of halogens is 1. The molecule has 8 nitrogen and oxygen atoms in total. The van der Waals surface area contributed by atoms with Crippen molar-refractivity contribution in [3.63, 3.8) is 0 Å². The van der Waals surface area contributed by atoms with Crippen LogP contribution in [0.2, 0.25) is 0 Å². The molecule has 3 heterocycles. The number of rotatable bonds is 8. The molecule has 0 fully saturated rings. The first kappa shape index (κ1) is 20.7. The molecule has 3 aromatic rings. The first-order valence-electron chi connectivity index (χ1n) is 10.2. The molecule has 1 aromatic carbocycles. The molecule has 1 atom stereocenters. The summed E-state index contributed by atoms with van der Waals surface area (Å²) >= 11 is 3.52. The molecule has 0 spiro atoms. The maximum atomic E-state index is 12.9. The van der Waals surface area contributed by atoms with Crippen molar-refractivity contribution in [3.05, 3.63) is 40.1 Å². The van der Waals surface area contributed by atoms with Crippen LogP contribution in [0.15, 0.2) is 28.9 Å². The summed E-state index contributed by atoms with van der Waals surface area (Å²) in [7, 11) is 1.93. The Labute approximate surface area is 184 Å². The Morgan fingerprint density at radius 1 is 1.27 bits per heavy atom. The van der Waals surface area contributed by atoms with Gasteiger partial charge in [0.2, 0.25) is 11.9 Å².